The highest BCUT2D eigenvalue weighted by Gasteiger charge is 2.22. The van der Waals surface area contributed by atoms with Gasteiger partial charge >= 0.3 is 5.97 Å². The summed E-state index contributed by atoms with van der Waals surface area (Å²) in [4.78, 5) is 11.9. The molecule has 0 heterocycles. The first-order chi connectivity index (χ1) is 11.2. The maximum absolute atomic E-state index is 13.5. The number of hydrogen-bond acceptors (Lipinski definition) is 3. The van der Waals surface area contributed by atoms with Crippen LogP contribution in [0.4, 0.5) is 17.6 Å². The summed E-state index contributed by atoms with van der Waals surface area (Å²) in [7, 11) is 0. The number of rotatable bonds is 4. The lowest BCUT2D eigenvalue weighted by molar-refractivity contribution is 0.0725. The van der Waals surface area contributed by atoms with Gasteiger partial charge in [0.15, 0.2) is 17.4 Å². The Morgan fingerprint density at radius 2 is 1.67 bits per heavy atom. The molecule has 0 saturated heterocycles. The van der Waals surface area contributed by atoms with Gasteiger partial charge in [-0.3, -0.25) is 0 Å². The van der Waals surface area contributed by atoms with Gasteiger partial charge in [-0.1, -0.05) is 11.6 Å². The summed E-state index contributed by atoms with van der Waals surface area (Å²) in [6.45, 7) is 3.55. The van der Waals surface area contributed by atoms with Crippen molar-refractivity contribution in [2.75, 3.05) is 0 Å². The van der Waals surface area contributed by atoms with Crippen LogP contribution >= 0.6 is 11.6 Å². The second kappa shape index (κ2) is 7.09. The van der Waals surface area contributed by atoms with Crippen molar-refractivity contribution in [3.8, 4) is 11.5 Å². The highest BCUT2D eigenvalue weighted by Crippen LogP contribution is 2.28. The Morgan fingerprint density at radius 3 is 2.25 bits per heavy atom. The summed E-state index contributed by atoms with van der Waals surface area (Å²) in [5, 5.41) is 0.0927. The Kier molecular flexibility index (Phi) is 5.33. The molecule has 2 aromatic rings. The molecule has 0 amide bonds. The molecule has 0 radical (unpaired) electrons. The van der Waals surface area contributed by atoms with E-state index in [0.29, 0.717) is 5.75 Å². The minimum absolute atomic E-state index is 0.0927. The van der Waals surface area contributed by atoms with E-state index in [1.165, 1.54) is 18.2 Å². The van der Waals surface area contributed by atoms with Crippen LogP contribution in [0, 0.1) is 23.3 Å². The van der Waals surface area contributed by atoms with Crippen molar-refractivity contribution in [1.82, 2.24) is 0 Å². The van der Waals surface area contributed by atoms with Crippen LogP contribution in [0.25, 0.3) is 0 Å². The lowest BCUT2D eigenvalue weighted by atomic mass is 10.2. The van der Waals surface area contributed by atoms with Crippen LogP contribution < -0.4 is 9.47 Å². The summed E-state index contributed by atoms with van der Waals surface area (Å²) >= 11 is 5.95. The molecule has 3 nitrogen and oxygen atoms in total. The SMILES string of the molecule is CC(C)Oc1ccc(C(=O)Oc2cc(F)c(F)c(F)c2F)cc1Cl. The molecule has 0 bridgehead atoms. The van der Waals surface area contributed by atoms with Crippen LogP contribution in [0.2, 0.25) is 5.02 Å². The fourth-order valence-corrected chi connectivity index (χ4v) is 1.99. The van der Waals surface area contributed by atoms with Crippen LogP contribution in [0.3, 0.4) is 0 Å². The van der Waals surface area contributed by atoms with Gasteiger partial charge in [0, 0.05) is 6.07 Å². The molecule has 0 aromatic heterocycles. The van der Waals surface area contributed by atoms with Gasteiger partial charge < -0.3 is 9.47 Å². The zero-order chi connectivity index (χ0) is 18.0. The molecule has 0 aliphatic carbocycles. The van der Waals surface area contributed by atoms with E-state index in [0.717, 1.165) is 0 Å². The number of hydrogen-bond donors (Lipinski definition) is 0. The zero-order valence-corrected chi connectivity index (χ0v) is 13.3. The summed E-state index contributed by atoms with van der Waals surface area (Å²) in [5.41, 5.74) is -0.111. The van der Waals surface area contributed by atoms with E-state index in [4.69, 9.17) is 16.3 Å². The van der Waals surface area contributed by atoms with Crippen molar-refractivity contribution in [3.63, 3.8) is 0 Å². The number of halogens is 5. The lowest BCUT2D eigenvalue weighted by Gasteiger charge is -2.12. The Morgan fingerprint density at radius 1 is 1.00 bits per heavy atom. The first-order valence-electron chi connectivity index (χ1n) is 6.72. The van der Waals surface area contributed by atoms with E-state index >= 15 is 0 Å². The maximum atomic E-state index is 13.5. The van der Waals surface area contributed by atoms with Crippen molar-refractivity contribution in [1.29, 1.82) is 0 Å². The van der Waals surface area contributed by atoms with Gasteiger partial charge in [0.25, 0.3) is 0 Å². The molecule has 0 atom stereocenters. The molecule has 8 heteroatoms. The number of esters is 1. The quantitative estimate of drug-likeness (QED) is 0.255. The topological polar surface area (TPSA) is 35.5 Å². The summed E-state index contributed by atoms with van der Waals surface area (Å²) < 4.78 is 62.5. The zero-order valence-electron chi connectivity index (χ0n) is 12.5. The highest BCUT2D eigenvalue weighted by atomic mass is 35.5. The molecule has 128 valence electrons. The number of carbonyl (C=O) groups is 1. The fraction of sp³-hybridized carbons (Fsp3) is 0.188. The Labute approximate surface area is 139 Å². The smallest absolute Gasteiger partial charge is 0.343 e. The van der Waals surface area contributed by atoms with Gasteiger partial charge in [0.05, 0.1) is 16.7 Å². The van der Waals surface area contributed by atoms with E-state index in [1.54, 1.807) is 13.8 Å². The molecular weight excluding hydrogens is 352 g/mol. The monoisotopic (exact) mass is 362 g/mol. The van der Waals surface area contributed by atoms with Gasteiger partial charge in [-0.2, -0.15) is 4.39 Å². The van der Waals surface area contributed by atoms with Crippen LogP contribution in [-0.4, -0.2) is 12.1 Å². The van der Waals surface area contributed by atoms with Crippen molar-refractivity contribution >= 4 is 17.6 Å². The second-order valence-electron chi connectivity index (χ2n) is 5.00. The lowest BCUT2D eigenvalue weighted by Crippen LogP contribution is -2.12. The summed E-state index contributed by atoms with van der Waals surface area (Å²) in [6.07, 6.45) is -0.153. The Hall–Kier alpha value is -2.28. The Bertz CT molecular complexity index is 793. The molecule has 0 spiro atoms. The first-order valence-corrected chi connectivity index (χ1v) is 7.10. The Balaban J connectivity index is 2.26. The van der Waals surface area contributed by atoms with Crippen molar-refractivity contribution in [3.05, 3.63) is 58.1 Å². The molecular formula is C16H11ClF4O3. The van der Waals surface area contributed by atoms with Crippen LogP contribution in [-0.2, 0) is 0 Å². The first kappa shape index (κ1) is 18.1. The molecule has 2 aromatic carbocycles. The normalized spacial score (nSPS) is 10.8. The molecule has 0 fully saturated rings. The average molecular weight is 363 g/mol. The number of benzene rings is 2. The van der Waals surface area contributed by atoms with Gasteiger partial charge in [-0.15, -0.1) is 0 Å². The fourth-order valence-electron chi connectivity index (χ4n) is 1.76. The molecule has 0 N–H and O–H groups in total. The van der Waals surface area contributed by atoms with Gasteiger partial charge in [0.1, 0.15) is 5.75 Å². The van der Waals surface area contributed by atoms with Gasteiger partial charge in [-0.25, -0.2) is 18.0 Å². The molecule has 0 saturated carbocycles. The van der Waals surface area contributed by atoms with Gasteiger partial charge in [-0.05, 0) is 32.0 Å². The standard InChI is InChI=1S/C16H11ClF4O3/c1-7(2)23-11-4-3-8(5-9(11)17)16(22)24-12-6-10(18)13(19)15(21)14(12)20/h3-7H,1-2H3. The van der Waals surface area contributed by atoms with Gasteiger partial charge in [0.2, 0.25) is 11.6 Å². The predicted octanol–water partition coefficient (Wildman–Crippen LogP) is 4.90. The largest absolute Gasteiger partial charge is 0.489 e. The predicted molar refractivity (Wildman–Crippen MR) is 78.4 cm³/mol. The van der Waals surface area contributed by atoms with E-state index in [9.17, 15) is 22.4 Å². The molecule has 0 aliphatic rings. The van der Waals surface area contributed by atoms with Crippen molar-refractivity contribution < 1.29 is 31.8 Å². The molecule has 2 rings (SSSR count). The van der Waals surface area contributed by atoms with Crippen molar-refractivity contribution in [2.24, 2.45) is 0 Å². The van der Waals surface area contributed by atoms with Crippen LogP contribution in [0.1, 0.15) is 24.2 Å². The third-order valence-corrected chi connectivity index (χ3v) is 3.10. The summed E-state index contributed by atoms with van der Waals surface area (Å²) in [6, 6.07) is 4.10. The number of carbonyl (C=O) groups excluding carboxylic acids is 1. The summed E-state index contributed by atoms with van der Waals surface area (Å²) in [5.74, 6) is -9.45. The third kappa shape index (κ3) is 3.79. The van der Waals surface area contributed by atoms with Crippen LogP contribution in [0.15, 0.2) is 24.3 Å². The van der Waals surface area contributed by atoms with E-state index < -0.39 is 35.0 Å². The second-order valence-corrected chi connectivity index (χ2v) is 5.41. The average Bonchev–Trinajstić information content (AvgIpc) is 2.52. The minimum atomic E-state index is -2.07. The molecule has 0 unspecified atom stereocenters. The van der Waals surface area contributed by atoms with Crippen LogP contribution in [0.5, 0.6) is 11.5 Å². The molecule has 0 aliphatic heterocycles. The minimum Gasteiger partial charge on any atom is -0.489 e. The van der Waals surface area contributed by atoms with Crippen molar-refractivity contribution in [2.45, 2.75) is 20.0 Å². The molecule has 24 heavy (non-hydrogen) atoms. The van der Waals surface area contributed by atoms with E-state index in [1.807, 2.05) is 0 Å². The number of ether oxygens (including phenoxy) is 2. The highest BCUT2D eigenvalue weighted by molar-refractivity contribution is 6.32. The van der Waals surface area contributed by atoms with E-state index in [2.05, 4.69) is 4.74 Å². The maximum Gasteiger partial charge on any atom is 0.343 e. The van der Waals surface area contributed by atoms with E-state index in [-0.39, 0.29) is 22.8 Å². The third-order valence-electron chi connectivity index (χ3n) is 2.80.